The van der Waals surface area contributed by atoms with Crippen LogP contribution < -0.4 is 4.74 Å². The Bertz CT molecular complexity index is 833. The molecule has 2 aliphatic heterocycles. The smallest absolute Gasteiger partial charge is 0.289 e. The predicted molar refractivity (Wildman–Crippen MR) is 104 cm³/mol. The van der Waals surface area contributed by atoms with E-state index in [1.165, 1.54) is 6.26 Å². The number of benzene rings is 1. The molecular weight excluding hydrogens is 356 g/mol. The lowest BCUT2D eigenvalue weighted by molar-refractivity contribution is -0.133. The maximum atomic E-state index is 12.8. The van der Waals surface area contributed by atoms with Crippen molar-refractivity contribution in [3.8, 4) is 5.75 Å². The van der Waals surface area contributed by atoms with Gasteiger partial charge in [-0.1, -0.05) is 12.1 Å². The van der Waals surface area contributed by atoms with Crippen LogP contribution >= 0.6 is 0 Å². The van der Waals surface area contributed by atoms with Crippen molar-refractivity contribution in [1.82, 2.24) is 9.80 Å². The number of hydrogen-bond acceptors (Lipinski definition) is 4. The number of amides is 2. The topological polar surface area (TPSA) is 63.0 Å². The maximum absolute atomic E-state index is 12.8. The van der Waals surface area contributed by atoms with Crippen LogP contribution in [0.15, 0.2) is 47.1 Å². The number of piperidine rings is 2. The summed E-state index contributed by atoms with van der Waals surface area (Å²) in [5.74, 6) is 1.60. The second kappa shape index (κ2) is 8.09. The number of carbonyl (C=O) groups excluding carboxylic acids is 2. The van der Waals surface area contributed by atoms with Crippen LogP contribution in [0.25, 0.3) is 0 Å². The van der Waals surface area contributed by atoms with E-state index in [4.69, 9.17) is 9.15 Å². The van der Waals surface area contributed by atoms with Crippen LogP contribution in [0.2, 0.25) is 0 Å². The fourth-order valence-corrected chi connectivity index (χ4v) is 4.49. The molecule has 148 valence electrons. The molecule has 3 heterocycles. The van der Waals surface area contributed by atoms with Gasteiger partial charge in [0, 0.05) is 25.7 Å². The van der Waals surface area contributed by atoms with Crippen LogP contribution in [0.4, 0.5) is 0 Å². The Labute approximate surface area is 165 Å². The van der Waals surface area contributed by atoms with Gasteiger partial charge in [0.2, 0.25) is 5.91 Å². The minimum atomic E-state index is -0.0316. The van der Waals surface area contributed by atoms with E-state index < -0.39 is 0 Å². The molecule has 28 heavy (non-hydrogen) atoms. The normalized spacial score (nSPS) is 21.9. The van der Waals surface area contributed by atoms with E-state index >= 15 is 0 Å². The average molecular weight is 382 g/mol. The van der Waals surface area contributed by atoms with Crippen molar-refractivity contribution in [2.45, 2.75) is 31.7 Å². The molecule has 1 aromatic heterocycles. The fraction of sp³-hybridized carbons (Fsp3) is 0.455. The van der Waals surface area contributed by atoms with Crippen molar-refractivity contribution in [2.75, 3.05) is 26.7 Å². The highest BCUT2D eigenvalue weighted by molar-refractivity contribution is 5.91. The van der Waals surface area contributed by atoms with Gasteiger partial charge in [0.1, 0.15) is 5.75 Å². The summed E-state index contributed by atoms with van der Waals surface area (Å²) in [6.45, 7) is 2.17. The summed E-state index contributed by atoms with van der Waals surface area (Å²) in [5, 5.41) is 0. The maximum Gasteiger partial charge on any atom is 0.289 e. The van der Waals surface area contributed by atoms with E-state index in [2.05, 4.69) is 0 Å². The van der Waals surface area contributed by atoms with E-state index in [9.17, 15) is 9.59 Å². The Morgan fingerprint density at radius 3 is 2.86 bits per heavy atom. The van der Waals surface area contributed by atoms with Crippen LogP contribution in [0.1, 0.15) is 35.4 Å². The monoisotopic (exact) mass is 382 g/mol. The molecule has 2 aromatic rings. The molecule has 0 unspecified atom stereocenters. The van der Waals surface area contributed by atoms with Crippen molar-refractivity contribution in [2.24, 2.45) is 5.92 Å². The Hall–Kier alpha value is -2.76. The van der Waals surface area contributed by atoms with Crippen LogP contribution in [0.5, 0.6) is 5.75 Å². The first-order chi connectivity index (χ1) is 13.7. The van der Waals surface area contributed by atoms with Gasteiger partial charge in [-0.2, -0.15) is 0 Å². The molecule has 6 heteroatoms. The first kappa shape index (κ1) is 18.6. The van der Waals surface area contributed by atoms with Crippen LogP contribution in [0, 0.1) is 5.92 Å². The number of likely N-dealkylation sites (tertiary alicyclic amines) is 2. The molecule has 0 aliphatic carbocycles. The summed E-state index contributed by atoms with van der Waals surface area (Å²) in [6, 6.07) is 11.3. The Kier molecular flexibility index (Phi) is 5.37. The molecule has 2 amide bonds. The van der Waals surface area contributed by atoms with Crippen LogP contribution in [-0.4, -0.2) is 54.4 Å². The number of ether oxygens (including phenoxy) is 1. The zero-order valence-corrected chi connectivity index (χ0v) is 16.2. The van der Waals surface area contributed by atoms with Crippen molar-refractivity contribution in [3.63, 3.8) is 0 Å². The number of rotatable bonds is 4. The summed E-state index contributed by atoms with van der Waals surface area (Å²) in [5.41, 5.74) is 0.963. The Balaban J connectivity index is 1.40. The largest absolute Gasteiger partial charge is 0.497 e. The lowest BCUT2D eigenvalue weighted by atomic mass is 9.83. The van der Waals surface area contributed by atoms with Crippen molar-refractivity contribution in [1.29, 1.82) is 0 Å². The Morgan fingerprint density at radius 1 is 1.18 bits per heavy atom. The minimum Gasteiger partial charge on any atom is -0.497 e. The summed E-state index contributed by atoms with van der Waals surface area (Å²) in [7, 11) is 1.63. The number of hydrogen-bond donors (Lipinski definition) is 0. The van der Waals surface area contributed by atoms with Gasteiger partial charge in [-0.25, -0.2) is 0 Å². The van der Waals surface area contributed by atoms with Crippen molar-refractivity contribution >= 4 is 11.8 Å². The highest BCUT2D eigenvalue weighted by atomic mass is 16.5. The quantitative estimate of drug-likeness (QED) is 0.816. The molecule has 0 saturated carbocycles. The molecule has 0 spiro atoms. The number of methoxy groups -OCH3 is 1. The molecule has 2 aliphatic rings. The van der Waals surface area contributed by atoms with Crippen LogP contribution in [0.3, 0.4) is 0 Å². The molecule has 2 fully saturated rings. The van der Waals surface area contributed by atoms with E-state index in [0.29, 0.717) is 24.6 Å². The lowest BCUT2D eigenvalue weighted by Gasteiger charge is -2.47. The van der Waals surface area contributed by atoms with E-state index in [-0.39, 0.29) is 17.9 Å². The third-order valence-electron chi connectivity index (χ3n) is 5.90. The highest BCUT2D eigenvalue weighted by Gasteiger charge is 2.39. The molecule has 0 N–H and O–H groups in total. The zero-order chi connectivity index (χ0) is 19.5. The first-order valence-electron chi connectivity index (χ1n) is 9.91. The van der Waals surface area contributed by atoms with E-state index in [0.717, 1.165) is 43.7 Å². The van der Waals surface area contributed by atoms with Gasteiger partial charge in [-0.15, -0.1) is 0 Å². The molecule has 4 rings (SSSR count). The highest BCUT2D eigenvalue weighted by Crippen LogP contribution is 2.32. The molecule has 2 atom stereocenters. The van der Waals surface area contributed by atoms with Gasteiger partial charge in [-0.05, 0) is 55.0 Å². The summed E-state index contributed by atoms with van der Waals surface area (Å²) < 4.78 is 10.6. The molecular formula is C22H26N2O4. The van der Waals surface area contributed by atoms with Gasteiger partial charge < -0.3 is 19.0 Å². The molecule has 0 radical (unpaired) electrons. The SMILES string of the molecule is COc1cccc(CC(=O)N2CC[C@@H]3[C@H](CCCN3C(=O)c3ccco3)C2)c1. The Morgan fingerprint density at radius 2 is 2.07 bits per heavy atom. The third-order valence-corrected chi connectivity index (χ3v) is 5.90. The molecule has 1 aromatic carbocycles. The molecule has 0 bridgehead atoms. The standard InChI is InChI=1S/C22H26N2O4/c1-27-18-7-2-5-16(13-18)14-21(25)23-11-9-19-17(15-23)6-3-10-24(19)22(26)20-8-4-12-28-20/h2,4-5,7-8,12-13,17,19H,3,6,9-11,14-15H2,1H3/t17-,19-/m1/s1. The summed E-state index contributed by atoms with van der Waals surface area (Å²) in [4.78, 5) is 29.5. The number of carbonyl (C=O) groups is 2. The average Bonchev–Trinajstić information content (AvgIpc) is 3.27. The zero-order valence-electron chi connectivity index (χ0n) is 16.2. The van der Waals surface area contributed by atoms with Crippen LogP contribution in [-0.2, 0) is 11.2 Å². The van der Waals surface area contributed by atoms with E-state index in [1.54, 1.807) is 19.2 Å². The minimum absolute atomic E-state index is 0.0316. The van der Waals surface area contributed by atoms with Gasteiger partial charge in [0.25, 0.3) is 5.91 Å². The summed E-state index contributed by atoms with van der Waals surface area (Å²) in [6.07, 6.45) is 4.75. The fourth-order valence-electron chi connectivity index (χ4n) is 4.49. The lowest BCUT2D eigenvalue weighted by Crippen LogP contribution is -2.56. The second-order valence-electron chi connectivity index (χ2n) is 7.60. The first-order valence-corrected chi connectivity index (χ1v) is 9.91. The van der Waals surface area contributed by atoms with Crippen molar-refractivity contribution in [3.05, 3.63) is 54.0 Å². The van der Waals surface area contributed by atoms with Gasteiger partial charge in [0.15, 0.2) is 5.76 Å². The third kappa shape index (κ3) is 3.77. The summed E-state index contributed by atoms with van der Waals surface area (Å²) >= 11 is 0. The number of nitrogens with zero attached hydrogens (tertiary/aromatic N) is 2. The van der Waals surface area contributed by atoms with Gasteiger partial charge in [-0.3, -0.25) is 9.59 Å². The van der Waals surface area contributed by atoms with Gasteiger partial charge in [0.05, 0.1) is 19.8 Å². The number of fused-ring (bicyclic) bond motifs is 1. The molecule has 2 saturated heterocycles. The van der Waals surface area contributed by atoms with Crippen molar-refractivity contribution < 1.29 is 18.7 Å². The predicted octanol–water partition coefficient (Wildman–Crippen LogP) is 2.98. The number of furan rings is 1. The van der Waals surface area contributed by atoms with E-state index in [1.807, 2.05) is 34.1 Å². The van der Waals surface area contributed by atoms with Gasteiger partial charge >= 0.3 is 0 Å². The molecule has 6 nitrogen and oxygen atoms in total. The second-order valence-corrected chi connectivity index (χ2v) is 7.60.